The zero-order chi connectivity index (χ0) is 17.3. The Morgan fingerprint density at radius 2 is 1.67 bits per heavy atom. The van der Waals surface area contributed by atoms with Crippen LogP contribution in [0.3, 0.4) is 0 Å². The Bertz CT molecular complexity index is 541. The van der Waals surface area contributed by atoms with Gasteiger partial charge in [0.05, 0.1) is 17.0 Å². The van der Waals surface area contributed by atoms with E-state index in [9.17, 15) is 26.3 Å². The normalized spacial score (nSPS) is 18.1. The first-order valence-corrected chi connectivity index (χ1v) is 7.34. The fourth-order valence-corrected chi connectivity index (χ4v) is 2.86. The van der Waals surface area contributed by atoms with Crippen LogP contribution in [0.1, 0.15) is 23.6 Å². The van der Waals surface area contributed by atoms with Crippen LogP contribution >= 0.6 is 24.0 Å². The lowest BCUT2D eigenvalue weighted by molar-refractivity contribution is -0.148. The van der Waals surface area contributed by atoms with Gasteiger partial charge in [-0.05, 0) is 17.7 Å². The minimum absolute atomic E-state index is 0. The predicted molar refractivity (Wildman–Crippen MR) is 81.6 cm³/mol. The number of hydrogen-bond donors (Lipinski definition) is 1. The summed E-state index contributed by atoms with van der Waals surface area (Å²) in [4.78, 5) is 1.55. The molecule has 1 aromatic carbocycles. The number of piperazine rings is 1. The average molecular weight is 397 g/mol. The molecule has 1 aliphatic rings. The van der Waals surface area contributed by atoms with E-state index in [0.717, 1.165) is 12.1 Å². The molecule has 2 rings (SSSR count). The van der Waals surface area contributed by atoms with E-state index in [1.165, 1.54) is 6.07 Å². The van der Waals surface area contributed by atoms with E-state index in [1.807, 2.05) is 0 Å². The number of alkyl halides is 6. The van der Waals surface area contributed by atoms with Crippen LogP contribution in [-0.2, 0) is 6.18 Å². The lowest BCUT2D eigenvalue weighted by Crippen LogP contribution is -2.46. The van der Waals surface area contributed by atoms with Crippen molar-refractivity contribution in [1.82, 2.24) is 10.2 Å². The lowest BCUT2D eigenvalue weighted by Gasteiger charge is -2.36. The van der Waals surface area contributed by atoms with E-state index in [4.69, 9.17) is 11.6 Å². The average Bonchev–Trinajstić information content (AvgIpc) is 2.44. The lowest BCUT2D eigenvalue weighted by atomic mass is 9.98. The smallest absolute Gasteiger partial charge is 0.314 e. The van der Waals surface area contributed by atoms with Gasteiger partial charge in [0.2, 0.25) is 0 Å². The summed E-state index contributed by atoms with van der Waals surface area (Å²) in [5.74, 6) is 0. The van der Waals surface area contributed by atoms with Crippen LogP contribution in [0, 0.1) is 0 Å². The Balaban J connectivity index is 0.00000288. The maximum Gasteiger partial charge on any atom is 0.417 e. The Hall–Kier alpha value is -0.700. The topological polar surface area (TPSA) is 15.3 Å². The number of benzene rings is 1. The van der Waals surface area contributed by atoms with E-state index in [2.05, 4.69) is 5.32 Å². The van der Waals surface area contributed by atoms with Crippen molar-refractivity contribution in [2.45, 2.75) is 24.8 Å². The second kappa shape index (κ2) is 8.12. The number of nitrogens with zero attached hydrogens (tertiary/aromatic N) is 1. The molecule has 1 saturated heterocycles. The van der Waals surface area contributed by atoms with E-state index in [1.54, 1.807) is 4.90 Å². The van der Waals surface area contributed by atoms with Gasteiger partial charge in [-0.15, -0.1) is 12.4 Å². The summed E-state index contributed by atoms with van der Waals surface area (Å²) in [7, 11) is 0. The van der Waals surface area contributed by atoms with Gasteiger partial charge in [0, 0.05) is 32.2 Å². The first-order valence-electron chi connectivity index (χ1n) is 6.96. The van der Waals surface area contributed by atoms with Gasteiger partial charge in [0.1, 0.15) is 0 Å². The highest BCUT2D eigenvalue weighted by atomic mass is 35.5. The molecule has 1 N–H and O–H groups in total. The highest BCUT2D eigenvalue weighted by Crippen LogP contribution is 2.39. The molecule has 1 heterocycles. The predicted octanol–water partition coefficient (Wildman–Crippen LogP) is 4.68. The molecule has 0 aliphatic carbocycles. The molecule has 0 saturated carbocycles. The van der Waals surface area contributed by atoms with Crippen LogP contribution in [0.4, 0.5) is 26.3 Å². The Labute approximate surface area is 146 Å². The van der Waals surface area contributed by atoms with Crippen molar-refractivity contribution in [2.24, 2.45) is 0 Å². The van der Waals surface area contributed by atoms with Crippen molar-refractivity contribution in [2.75, 3.05) is 26.2 Å². The quantitative estimate of drug-likeness (QED) is 0.746. The second-order valence-electron chi connectivity index (χ2n) is 5.36. The highest BCUT2D eigenvalue weighted by Gasteiger charge is 2.38. The minimum atomic E-state index is -4.71. The summed E-state index contributed by atoms with van der Waals surface area (Å²) in [6.45, 7) is 1.66. The number of rotatable bonds is 3. The number of nitrogens with one attached hydrogen (secondary N) is 1. The molecule has 1 fully saturated rings. The summed E-state index contributed by atoms with van der Waals surface area (Å²) in [5.41, 5.74) is -1.14. The molecule has 0 aromatic heterocycles. The van der Waals surface area contributed by atoms with Crippen LogP contribution < -0.4 is 5.32 Å². The van der Waals surface area contributed by atoms with E-state index in [-0.39, 0.29) is 18.0 Å². The van der Waals surface area contributed by atoms with Crippen molar-refractivity contribution in [1.29, 1.82) is 0 Å². The summed E-state index contributed by atoms with van der Waals surface area (Å²) < 4.78 is 77.4. The second-order valence-corrected chi connectivity index (χ2v) is 5.77. The van der Waals surface area contributed by atoms with Gasteiger partial charge >= 0.3 is 12.4 Å². The molecule has 1 atom stereocenters. The van der Waals surface area contributed by atoms with Gasteiger partial charge in [-0.1, -0.05) is 17.7 Å². The molecule has 2 nitrogen and oxygen atoms in total. The minimum Gasteiger partial charge on any atom is -0.314 e. The summed E-state index contributed by atoms with van der Waals surface area (Å²) in [5, 5.41) is 2.48. The highest BCUT2D eigenvalue weighted by molar-refractivity contribution is 6.31. The Morgan fingerprint density at radius 1 is 1.08 bits per heavy atom. The molecule has 1 aromatic rings. The molecule has 0 radical (unpaired) electrons. The zero-order valence-electron chi connectivity index (χ0n) is 12.3. The molecule has 0 unspecified atom stereocenters. The van der Waals surface area contributed by atoms with Crippen LogP contribution in [-0.4, -0.2) is 37.3 Å². The van der Waals surface area contributed by atoms with Crippen LogP contribution in [0.15, 0.2) is 18.2 Å². The third kappa shape index (κ3) is 5.68. The van der Waals surface area contributed by atoms with Crippen molar-refractivity contribution >= 4 is 24.0 Å². The molecule has 24 heavy (non-hydrogen) atoms. The largest absolute Gasteiger partial charge is 0.417 e. The first-order chi connectivity index (χ1) is 10.6. The fraction of sp³-hybridized carbons (Fsp3) is 0.571. The summed E-state index contributed by atoms with van der Waals surface area (Å²) in [6, 6.07) is 1.80. The first kappa shape index (κ1) is 21.3. The van der Waals surface area contributed by atoms with Crippen molar-refractivity contribution in [3.63, 3.8) is 0 Å². The Kier molecular flexibility index (Phi) is 7.22. The number of hydrogen-bond acceptors (Lipinski definition) is 2. The van der Waals surface area contributed by atoms with E-state index >= 15 is 0 Å². The molecule has 138 valence electrons. The van der Waals surface area contributed by atoms with Crippen molar-refractivity contribution < 1.29 is 26.3 Å². The molecule has 0 amide bonds. The van der Waals surface area contributed by atoms with Gasteiger partial charge < -0.3 is 5.32 Å². The number of halogens is 8. The fourth-order valence-electron chi connectivity index (χ4n) is 2.64. The van der Waals surface area contributed by atoms with Crippen LogP contribution in [0.25, 0.3) is 0 Å². The third-order valence-corrected chi connectivity index (χ3v) is 4.03. The van der Waals surface area contributed by atoms with Crippen molar-refractivity contribution in [3.8, 4) is 0 Å². The monoisotopic (exact) mass is 396 g/mol. The molecular weight excluding hydrogens is 381 g/mol. The molecule has 1 aliphatic heterocycles. The molecule has 0 bridgehead atoms. The molecule has 0 spiro atoms. The van der Waals surface area contributed by atoms with E-state index in [0.29, 0.717) is 26.2 Å². The van der Waals surface area contributed by atoms with Crippen molar-refractivity contribution in [3.05, 3.63) is 34.3 Å². The zero-order valence-corrected chi connectivity index (χ0v) is 13.9. The van der Waals surface area contributed by atoms with Crippen LogP contribution in [0.2, 0.25) is 5.02 Å². The van der Waals surface area contributed by atoms with Crippen LogP contribution in [0.5, 0.6) is 0 Å². The van der Waals surface area contributed by atoms with Gasteiger partial charge in [0.15, 0.2) is 0 Å². The van der Waals surface area contributed by atoms with Gasteiger partial charge in [-0.3, -0.25) is 4.90 Å². The summed E-state index contributed by atoms with van der Waals surface area (Å²) >= 11 is 5.54. The Morgan fingerprint density at radius 3 is 2.17 bits per heavy atom. The summed E-state index contributed by atoms with van der Waals surface area (Å²) in [6.07, 6.45) is -10.4. The third-order valence-electron chi connectivity index (χ3n) is 3.70. The molecular formula is C14H16Cl2F6N2. The van der Waals surface area contributed by atoms with Gasteiger partial charge in [0.25, 0.3) is 0 Å². The van der Waals surface area contributed by atoms with Gasteiger partial charge in [-0.25, -0.2) is 0 Å². The molecule has 10 heteroatoms. The SMILES string of the molecule is Cl.FC(F)(F)C[C@H](c1ccc(Cl)c(C(F)(F)F)c1)N1CCNCC1. The maximum absolute atomic E-state index is 12.9. The van der Waals surface area contributed by atoms with E-state index < -0.39 is 35.4 Å². The van der Waals surface area contributed by atoms with Gasteiger partial charge in [-0.2, -0.15) is 26.3 Å². The maximum atomic E-state index is 12.9. The standard InChI is InChI=1S/C14H15ClF6N2.ClH/c15-11-2-1-9(7-10(11)14(19,20)21)12(8-13(16,17)18)23-5-3-22-4-6-23;/h1-2,7,12,22H,3-6,8H2;1H/t12-;/m1./s1.